The summed E-state index contributed by atoms with van der Waals surface area (Å²) in [5.74, 6) is 0. The van der Waals surface area contributed by atoms with Crippen molar-refractivity contribution in [2.75, 3.05) is 20.2 Å². The Morgan fingerprint density at radius 3 is 2.81 bits per heavy atom. The number of ether oxygens (including phenoxy) is 2. The van der Waals surface area contributed by atoms with Gasteiger partial charge in [0.15, 0.2) is 0 Å². The van der Waals surface area contributed by atoms with E-state index < -0.39 is 30.9 Å². The molecule has 5 heteroatoms. The molecule has 1 aliphatic heterocycles. The van der Waals surface area contributed by atoms with Crippen LogP contribution < -0.4 is 0 Å². The van der Waals surface area contributed by atoms with E-state index in [1.54, 1.807) is 20.8 Å². The van der Waals surface area contributed by atoms with Crippen LogP contribution in [0.3, 0.4) is 0 Å². The molecule has 16 heavy (non-hydrogen) atoms. The van der Waals surface area contributed by atoms with Gasteiger partial charge in [-0.2, -0.15) is 0 Å². The number of aliphatic hydroxyl groups excluding tert-OH is 1. The van der Waals surface area contributed by atoms with Gasteiger partial charge in [-0.15, -0.1) is 0 Å². The molecule has 0 aromatic heterocycles. The molecule has 0 aromatic carbocycles. The number of carbonyl (C=O) groups is 1. The lowest BCUT2D eigenvalue weighted by atomic mass is 10.2. The molecular formula is C11H21NO4. The molecule has 0 spiro atoms. The fourth-order valence-electron chi connectivity index (χ4n) is 1.68. The normalized spacial score (nSPS) is 29.5. The van der Waals surface area contributed by atoms with Gasteiger partial charge in [0, 0.05) is 7.04 Å². The molecule has 0 aromatic rings. The number of aliphatic hydroxyl groups is 1. The van der Waals surface area contributed by atoms with E-state index >= 15 is 0 Å². The number of hydrogen-bond donors (Lipinski definition) is 1. The number of hydrogen-bond acceptors (Lipinski definition) is 4. The zero-order valence-electron chi connectivity index (χ0n) is 12.9. The van der Waals surface area contributed by atoms with Gasteiger partial charge in [0.05, 0.1) is 29.4 Å². The van der Waals surface area contributed by atoms with Crippen LogP contribution in [-0.4, -0.2) is 54.0 Å². The summed E-state index contributed by atoms with van der Waals surface area (Å²) in [6.07, 6.45) is -0.894. The zero-order valence-corrected chi connectivity index (χ0v) is 9.90. The van der Waals surface area contributed by atoms with Gasteiger partial charge in [-0.3, -0.25) is 0 Å². The standard InChI is InChI=1S/C11H21NO4/c1-11(2,3)16-10(14)12-6-9(15-4)5-8(12)7-13/h8-9,13H,5-7H2,1-4H3/t8-,9+/m0/s1/i4D3. The largest absolute Gasteiger partial charge is 0.444 e. The van der Waals surface area contributed by atoms with E-state index in [2.05, 4.69) is 0 Å². The molecule has 1 amide bonds. The third kappa shape index (κ3) is 3.35. The smallest absolute Gasteiger partial charge is 0.410 e. The first kappa shape index (κ1) is 9.24. The van der Waals surface area contributed by atoms with Crippen molar-refractivity contribution in [3.63, 3.8) is 0 Å². The molecule has 1 heterocycles. The first-order chi connectivity index (χ1) is 8.52. The maximum Gasteiger partial charge on any atom is 0.410 e. The summed E-state index contributed by atoms with van der Waals surface area (Å²) < 4.78 is 31.2. The fourth-order valence-corrected chi connectivity index (χ4v) is 1.68. The highest BCUT2D eigenvalue weighted by molar-refractivity contribution is 5.69. The van der Waals surface area contributed by atoms with Crippen LogP contribution in [0.5, 0.6) is 0 Å². The lowest BCUT2D eigenvalue weighted by Gasteiger charge is -2.27. The van der Waals surface area contributed by atoms with E-state index in [0.29, 0.717) is 0 Å². The predicted molar refractivity (Wildman–Crippen MR) is 59.2 cm³/mol. The SMILES string of the molecule is [2H]C([2H])([2H])O[C@@H]1C[C@@H](CO)N(C(=O)OC(C)(C)C)C1. The molecule has 0 bridgehead atoms. The van der Waals surface area contributed by atoms with Gasteiger partial charge in [-0.1, -0.05) is 0 Å². The van der Waals surface area contributed by atoms with Gasteiger partial charge >= 0.3 is 6.09 Å². The molecule has 1 saturated heterocycles. The molecule has 5 nitrogen and oxygen atoms in total. The maximum absolute atomic E-state index is 11.9. The second-order valence-corrected chi connectivity index (χ2v) is 4.94. The van der Waals surface area contributed by atoms with Crippen molar-refractivity contribution in [2.45, 2.75) is 44.9 Å². The molecule has 2 atom stereocenters. The summed E-state index contributed by atoms with van der Waals surface area (Å²) >= 11 is 0. The molecular weight excluding hydrogens is 210 g/mol. The number of methoxy groups -OCH3 is 1. The molecule has 1 fully saturated rings. The van der Waals surface area contributed by atoms with E-state index in [4.69, 9.17) is 13.6 Å². The van der Waals surface area contributed by atoms with E-state index in [9.17, 15) is 9.90 Å². The van der Waals surface area contributed by atoms with E-state index in [1.807, 2.05) is 0 Å². The number of amides is 1. The Labute approximate surface area is 101 Å². The second-order valence-electron chi connectivity index (χ2n) is 4.94. The van der Waals surface area contributed by atoms with Crippen molar-refractivity contribution < 1.29 is 23.5 Å². The number of likely N-dealkylation sites (tertiary alicyclic amines) is 1. The quantitative estimate of drug-likeness (QED) is 0.774. The molecule has 0 saturated carbocycles. The minimum atomic E-state index is -2.51. The van der Waals surface area contributed by atoms with Gasteiger partial charge in [-0.25, -0.2) is 4.79 Å². The summed E-state index contributed by atoms with van der Waals surface area (Å²) in [5.41, 5.74) is -0.639. The fraction of sp³-hybridized carbons (Fsp3) is 0.909. The average Bonchev–Trinajstić information content (AvgIpc) is 2.55. The predicted octanol–water partition coefficient (Wildman–Crippen LogP) is 1.00. The summed E-state index contributed by atoms with van der Waals surface area (Å²) in [6, 6.07) is -0.470. The molecule has 0 aliphatic carbocycles. The highest BCUT2D eigenvalue weighted by atomic mass is 16.6. The van der Waals surface area contributed by atoms with Crippen molar-refractivity contribution in [3.05, 3.63) is 0 Å². The van der Waals surface area contributed by atoms with Crippen LogP contribution >= 0.6 is 0 Å². The van der Waals surface area contributed by atoms with Crippen LogP contribution in [0.2, 0.25) is 0 Å². The Kier molecular flexibility index (Phi) is 2.90. The van der Waals surface area contributed by atoms with Crippen molar-refractivity contribution in [1.82, 2.24) is 4.90 Å². The molecule has 0 radical (unpaired) electrons. The molecule has 0 unspecified atom stereocenters. The average molecular weight is 234 g/mol. The van der Waals surface area contributed by atoms with Crippen molar-refractivity contribution in [2.24, 2.45) is 0 Å². The van der Waals surface area contributed by atoms with Crippen molar-refractivity contribution in [3.8, 4) is 0 Å². The third-order valence-corrected chi connectivity index (χ3v) is 2.38. The Bertz CT molecular complexity index is 327. The first-order valence-electron chi connectivity index (χ1n) is 6.80. The van der Waals surface area contributed by atoms with Crippen molar-refractivity contribution >= 4 is 6.09 Å². The Morgan fingerprint density at radius 2 is 2.31 bits per heavy atom. The van der Waals surface area contributed by atoms with Crippen LogP contribution in [0.1, 0.15) is 31.3 Å². The lowest BCUT2D eigenvalue weighted by Crippen LogP contribution is -2.41. The topological polar surface area (TPSA) is 59.0 Å². The number of rotatable bonds is 2. The van der Waals surface area contributed by atoms with Crippen LogP contribution in [0.25, 0.3) is 0 Å². The summed E-state index contributed by atoms with van der Waals surface area (Å²) in [4.78, 5) is 13.3. The number of carbonyl (C=O) groups excluding carboxylic acids is 1. The third-order valence-electron chi connectivity index (χ3n) is 2.38. The summed E-state index contributed by atoms with van der Waals surface area (Å²) in [6.45, 7) is 5.08. The van der Waals surface area contributed by atoms with Gasteiger partial charge in [0.2, 0.25) is 0 Å². The lowest BCUT2D eigenvalue weighted by molar-refractivity contribution is 0.0154. The monoisotopic (exact) mass is 234 g/mol. The highest BCUT2D eigenvalue weighted by Crippen LogP contribution is 2.22. The summed E-state index contributed by atoms with van der Waals surface area (Å²) in [7, 11) is -2.51. The first-order valence-corrected chi connectivity index (χ1v) is 5.30. The van der Waals surface area contributed by atoms with E-state index in [-0.39, 0.29) is 19.6 Å². The van der Waals surface area contributed by atoms with Crippen LogP contribution in [0.15, 0.2) is 0 Å². The highest BCUT2D eigenvalue weighted by Gasteiger charge is 2.37. The molecule has 1 aliphatic rings. The zero-order chi connectivity index (χ0) is 14.8. The Hall–Kier alpha value is -0.810. The molecule has 1 N–H and O–H groups in total. The van der Waals surface area contributed by atoms with Gasteiger partial charge < -0.3 is 19.5 Å². The van der Waals surface area contributed by atoms with Crippen LogP contribution in [0.4, 0.5) is 4.79 Å². The minimum Gasteiger partial charge on any atom is -0.444 e. The minimum absolute atomic E-state index is 0.110. The van der Waals surface area contributed by atoms with Gasteiger partial charge in [-0.05, 0) is 27.2 Å². The molecule has 94 valence electrons. The van der Waals surface area contributed by atoms with Crippen LogP contribution in [-0.2, 0) is 9.47 Å². The molecule has 1 rings (SSSR count). The van der Waals surface area contributed by atoms with Gasteiger partial charge in [0.25, 0.3) is 0 Å². The Balaban J connectivity index is 2.65. The van der Waals surface area contributed by atoms with Gasteiger partial charge in [0.1, 0.15) is 5.60 Å². The number of nitrogens with zero attached hydrogens (tertiary/aromatic N) is 1. The summed E-state index contributed by atoms with van der Waals surface area (Å²) in [5, 5.41) is 9.25. The maximum atomic E-state index is 11.9. The van der Waals surface area contributed by atoms with E-state index in [1.165, 1.54) is 4.90 Å². The van der Waals surface area contributed by atoms with E-state index in [0.717, 1.165) is 0 Å². The Morgan fingerprint density at radius 1 is 1.62 bits per heavy atom. The second kappa shape index (κ2) is 5.01. The van der Waals surface area contributed by atoms with Crippen LogP contribution in [0, 0.1) is 0 Å². The van der Waals surface area contributed by atoms with Crippen molar-refractivity contribution in [1.29, 1.82) is 0 Å².